The highest BCUT2D eigenvalue weighted by molar-refractivity contribution is 6.26. The van der Waals surface area contributed by atoms with Crippen LogP contribution in [0.2, 0.25) is 0 Å². The number of aromatic nitrogens is 2. The van der Waals surface area contributed by atoms with Crippen LogP contribution in [-0.2, 0) is 6.18 Å². The molecule has 0 spiro atoms. The summed E-state index contributed by atoms with van der Waals surface area (Å²) in [6.45, 7) is 0.675. The summed E-state index contributed by atoms with van der Waals surface area (Å²) in [4.78, 5) is 29.8. The van der Waals surface area contributed by atoms with Crippen LogP contribution in [-0.4, -0.2) is 79.9 Å². The fourth-order valence-corrected chi connectivity index (χ4v) is 4.96. The number of methoxy groups -OCH3 is 3. The molecule has 0 fully saturated rings. The molecule has 0 bridgehead atoms. The van der Waals surface area contributed by atoms with Gasteiger partial charge in [-0.15, -0.1) is 0 Å². The molecule has 41 heavy (non-hydrogen) atoms. The summed E-state index contributed by atoms with van der Waals surface area (Å²) < 4.78 is 59.2. The summed E-state index contributed by atoms with van der Waals surface area (Å²) in [6, 6.07) is 11.9. The maximum Gasteiger partial charge on any atom is 0.435 e. The smallest absolute Gasteiger partial charge is 0.435 e. The lowest BCUT2D eigenvalue weighted by atomic mass is 9.93. The molecule has 0 saturated carbocycles. The molecule has 0 saturated heterocycles. The molecule has 0 unspecified atom stereocenters. The van der Waals surface area contributed by atoms with E-state index in [1.165, 1.54) is 50.5 Å². The van der Waals surface area contributed by atoms with Gasteiger partial charge in [-0.05, 0) is 50.5 Å². The van der Waals surface area contributed by atoms with Gasteiger partial charge >= 0.3 is 6.18 Å². The summed E-state index contributed by atoms with van der Waals surface area (Å²) in [5.41, 5.74) is 0.102. The maximum atomic E-state index is 14.0. The first-order valence-corrected chi connectivity index (χ1v) is 12.5. The van der Waals surface area contributed by atoms with Crippen LogP contribution in [0.3, 0.4) is 0 Å². The number of rotatable bonds is 8. The quantitative estimate of drug-likeness (QED) is 0.280. The van der Waals surface area contributed by atoms with Gasteiger partial charge in [0.15, 0.2) is 17.2 Å². The Kier molecular flexibility index (Phi) is 7.12. The number of imide groups is 1. The van der Waals surface area contributed by atoms with Gasteiger partial charge in [0, 0.05) is 40.6 Å². The van der Waals surface area contributed by atoms with Crippen LogP contribution in [0.1, 0.15) is 26.4 Å². The van der Waals surface area contributed by atoms with E-state index in [2.05, 4.69) is 5.10 Å². The second-order valence-electron chi connectivity index (χ2n) is 9.66. The average Bonchev–Trinajstić information content (AvgIpc) is 3.40. The van der Waals surface area contributed by atoms with Crippen LogP contribution >= 0.6 is 0 Å². The number of hydrogen-bond donors (Lipinski definition) is 0. The van der Waals surface area contributed by atoms with E-state index in [4.69, 9.17) is 14.2 Å². The van der Waals surface area contributed by atoms with E-state index in [0.29, 0.717) is 22.9 Å². The number of benzene rings is 3. The minimum atomic E-state index is -4.74. The number of ether oxygens (including phenoxy) is 3. The Morgan fingerprint density at radius 3 is 2.07 bits per heavy atom. The van der Waals surface area contributed by atoms with Gasteiger partial charge in [0.2, 0.25) is 5.75 Å². The number of carbonyl (C=O) groups excluding carboxylic acids is 2. The Balaban J connectivity index is 1.75. The first-order valence-electron chi connectivity index (χ1n) is 12.5. The second kappa shape index (κ2) is 10.4. The molecule has 9 nitrogen and oxygen atoms in total. The van der Waals surface area contributed by atoms with Crippen molar-refractivity contribution in [1.29, 1.82) is 0 Å². The molecule has 3 aromatic carbocycles. The molecule has 2 amide bonds. The SMILES string of the molecule is COc1cc(-c2cc(C(F)(F)F)nn2-c2ccc3c4c(cccc24)C(=O)N(CCN(C)C)C3=O)cc(OC)c1OC. The predicted molar refractivity (Wildman–Crippen MR) is 145 cm³/mol. The van der Waals surface area contributed by atoms with Crippen LogP contribution < -0.4 is 14.2 Å². The zero-order chi connectivity index (χ0) is 29.6. The van der Waals surface area contributed by atoms with Crippen molar-refractivity contribution in [3.05, 3.63) is 65.4 Å². The fraction of sp³-hybridized carbons (Fsp3) is 0.276. The molecule has 214 valence electrons. The van der Waals surface area contributed by atoms with Crippen molar-refractivity contribution in [3.63, 3.8) is 0 Å². The molecule has 1 aromatic heterocycles. The molecular weight excluding hydrogens is 541 g/mol. The standard InChI is InChI=1S/C29H27F3N4O5/c1-34(2)11-12-35-27(37)18-8-6-7-17-20(10-9-19(25(17)18)28(35)38)36-21(15-24(33-36)29(30,31)32)16-13-22(39-3)26(41-5)23(14-16)40-4/h6-10,13-15H,11-12H2,1-5H3. The highest BCUT2D eigenvalue weighted by Gasteiger charge is 2.37. The minimum absolute atomic E-state index is 0.0818. The molecule has 4 aromatic rings. The molecule has 0 aliphatic carbocycles. The first kappa shape index (κ1) is 28.0. The largest absolute Gasteiger partial charge is 0.493 e. The summed E-state index contributed by atoms with van der Waals surface area (Å²) in [5, 5.41) is 4.69. The highest BCUT2D eigenvalue weighted by atomic mass is 19.4. The van der Waals surface area contributed by atoms with Crippen molar-refractivity contribution in [2.24, 2.45) is 0 Å². The van der Waals surface area contributed by atoms with Gasteiger partial charge in [-0.2, -0.15) is 18.3 Å². The summed E-state index contributed by atoms with van der Waals surface area (Å²) in [7, 11) is 7.91. The van der Waals surface area contributed by atoms with Gasteiger partial charge in [0.05, 0.1) is 32.7 Å². The van der Waals surface area contributed by atoms with Crippen LogP contribution in [0.5, 0.6) is 17.2 Å². The van der Waals surface area contributed by atoms with E-state index >= 15 is 0 Å². The Labute approximate surface area is 233 Å². The van der Waals surface area contributed by atoms with Crippen LogP contribution in [0.4, 0.5) is 13.2 Å². The summed E-state index contributed by atoms with van der Waals surface area (Å²) >= 11 is 0. The number of alkyl halides is 3. The third-order valence-electron chi connectivity index (χ3n) is 6.93. The van der Waals surface area contributed by atoms with E-state index in [0.717, 1.165) is 10.7 Å². The fourth-order valence-electron chi connectivity index (χ4n) is 4.96. The third-order valence-corrected chi connectivity index (χ3v) is 6.93. The molecule has 1 aliphatic heterocycles. The molecule has 1 aliphatic rings. The monoisotopic (exact) mass is 568 g/mol. The lowest BCUT2D eigenvalue weighted by molar-refractivity contribution is -0.141. The van der Waals surface area contributed by atoms with Crippen LogP contribution in [0.15, 0.2) is 48.5 Å². The van der Waals surface area contributed by atoms with Crippen molar-refractivity contribution in [3.8, 4) is 34.2 Å². The van der Waals surface area contributed by atoms with Gasteiger partial charge < -0.3 is 19.1 Å². The Hall–Kier alpha value is -4.58. The first-order chi connectivity index (χ1) is 19.5. The van der Waals surface area contributed by atoms with Crippen molar-refractivity contribution < 1.29 is 37.0 Å². The molecule has 0 radical (unpaired) electrons. The van der Waals surface area contributed by atoms with Crippen molar-refractivity contribution in [2.45, 2.75) is 6.18 Å². The Morgan fingerprint density at radius 1 is 0.878 bits per heavy atom. The number of carbonyl (C=O) groups is 2. The maximum absolute atomic E-state index is 14.0. The molecule has 2 heterocycles. The zero-order valence-electron chi connectivity index (χ0n) is 23.0. The van der Waals surface area contributed by atoms with E-state index in [-0.39, 0.29) is 46.3 Å². The lowest BCUT2D eigenvalue weighted by Crippen LogP contribution is -2.43. The van der Waals surface area contributed by atoms with Gasteiger partial charge in [-0.1, -0.05) is 12.1 Å². The van der Waals surface area contributed by atoms with E-state index in [1.807, 2.05) is 19.0 Å². The number of likely N-dealkylation sites (N-methyl/N-ethyl adjacent to an activating group) is 1. The van der Waals surface area contributed by atoms with E-state index < -0.39 is 23.7 Å². The molecular formula is C29H27F3N4O5. The number of halogens is 3. The van der Waals surface area contributed by atoms with Gasteiger partial charge in [0.25, 0.3) is 11.8 Å². The number of nitrogens with zero attached hydrogens (tertiary/aromatic N) is 4. The molecule has 5 rings (SSSR count). The van der Waals surface area contributed by atoms with Crippen molar-refractivity contribution in [2.75, 3.05) is 48.5 Å². The van der Waals surface area contributed by atoms with Crippen LogP contribution in [0, 0.1) is 0 Å². The topological polar surface area (TPSA) is 86.1 Å². The van der Waals surface area contributed by atoms with Crippen molar-refractivity contribution in [1.82, 2.24) is 19.6 Å². The van der Waals surface area contributed by atoms with Crippen LogP contribution in [0.25, 0.3) is 27.7 Å². The zero-order valence-corrected chi connectivity index (χ0v) is 23.0. The summed E-state index contributed by atoms with van der Waals surface area (Å²) in [6.07, 6.45) is -4.74. The number of hydrogen-bond acceptors (Lipinski definition) is 7. The number of amides is 2. The van der Waals surface area contributed by atoms with E-state index in [9.17, 15) is 22.8 Å². The normalized spacial score (nSPS) is 13.3. The lowest BCUT2D eigenvalue weighted by Gasteiger charge is -2.28. The minimum Gasteiger partial charge on any atom is -0.493 e. The second-order valence-corrected chi connectivity index (χ2v) is 9.66. The van der Waals surface area contributed by atoms with Crippen molar-refractivity contribution >= 4 is 22.6 Å². The van der Waals surface area contributed by atoms with E-state index in [1.54, 1.807) is 18.2 Å². The molecule has 0 atom stereocenters. The average molecular weight is 569 g/mol. The Morgan fingerprint density at radius 2 is 1.51 bits per heavy atom. The van der Waals surface area contributed by atoms with Gasteiger partial charge in [-0.3, -0.25) is 14.5 Å². The third kappa shape index (κ3) is 4.73. The molecule has 0 N–H and O–H groups in total. The highest BCUT2D eigenvalue weighted by Crippen LogP contribution is 2.43. The molecule has 12 heteroatoms. The van der Waals surface area contributed by atoms with Gasteiger partial charge in [0.1, 0.15) is 0 Å². The Bertz CT molecular complexity index is 1630. The summed E-state index contributed by atoms with van der Waals surface area (Å²) in [5.74, 6) is -0.164. The van der Waals surface area contributed by atoms with Gasteiger partial charge in [-0.25, -0.2) is 4.68 Å². The predicted octanol–water partition coefficient (Wildman–Crippen LogP) is 4.89.